The van der Waals surface area contributed by atoms with Crippen LogP contribution in [0.2, 0.25) is 0 Å². The molecule has 4 nitrogen and oxygen atoms in total. The summed E-state index contributed by atoms with van der Waals surface area (Å²) in [6.07, 6.45) is 3.34. The fraction of sp³-hybridized carbons (Fsp3) is 0.286. The monoisotopic (exact) mass is 152 g/mol. The molecule has 0 saturated carbocycles. The number of anilines is 1. The minimum Gasteiger partial charge on any atom is -0.384 e. The average molecular weight is 152 g/mol. The highest BCUT2D eigenvalue weighted by molar-refractivity contribution is 5.36. The second-order valence-electron chi connectivity index (χ2n) is 2.28. The number of nitrogens with two attached hydrogens (primary N) is 1. The third-order valence-corrected chi connectivity index (χ3v) is 1.46. The lowest BCUT2D eigenvalue weighted by Gasteiger charge is -2.02. The number of nitrogens with zero attached hydrogens (tertiary/aromatic N) is 2. The van der Waals surface area contributed by atoms with Crippen molar-refractivity contribution < 1.29 is 0 Å². The van der Waals surface area contributed by atoms with Crippen molar-refractivity contribution in [2.24, 2.45) is 0 Å². The van der Waals surface area contributed by atoms with Gasteiger partial charge in [0.15, 0.2) is 0 Å². The molecule has 0 radical (unpaired) electrons. The predicted octanol–water partition coefficient (Wildman–Crippen LogP) is 0.464. The maximum Gasteiger partial charge on any atom is 0.126 e. The van der Waals surface area contributed by atoms with Gasteiger partial charge in [0, 0.05) is 5.56 Å². The summed E-state index contributed by atoms with van der Waals surface area (Å²) in [5.41, 5.74) is 6.67. The number of aryl methyl sites for hydroxylation is 1. The van der Waals surface area contributed by atoms with Crippen molar-refractivity contribution in [3.05, 3.63) is 24.5 Å². The van der Waals surface area contributed by atoms with Crippen LogP contribution in [-0.4, -0.2) is 9.78 Å². The molecule has 0 saturated heterocycles. The van der Waals surface area contributed by atoms with Crippen LogP contribution in [0.1, 0.15) is 5.56 Å². The zero-order valence-corrected chi connectivity index (χ0v) is 6.54. The smallest absolute Gasteiger partial charge is 0.126 e. The van der Waals surface area contributed by atoms with Crippen LogP contribution < -0.4 is 11.1 Å². The van der Waals surface area contributed by atoms with E-state index in [9.17, 15) is 0 Å². The number of aromatic nitrogens is 2. The Kier molecular flexibility index (Phi) is 2.15. The molecule has 1 heterocycles. The van der Waals surface area contributed by atoms with Gasteiger partial charge in [-0.15, -0.1) is 0 Å². The highest BCUT2D eigenvalue weighted by Gasteiger charge is 1.99. The van der Waals surface area contributed by atoms with E-state index in [0.717, 1.165) is 5.56 Å². The molecule has 0 aliphatic carbocycles. The van der Waals surface area contributed by atoms with Crippen molar-refractivity contribution in [2.75, 3.05) is 5.73 Å². The molecular formula is C7H12N4. The standard InChI is InChI=1S/C7H12N4/c1-3-9-5-11-7(8)6(2)4-10-11/h3-4,9H,1,5,8H2,2H3. The van der Waals surface area contributed by atoms with Gasteiger partial charge in [-0.3, -0.25) is 0 Å². The molecule has 0 amide bonds. The van der Waals surface area contributed by atoms with Crippen molar-refractivity contribution in [1.82, 2.24) is 15.1 Å². The molecule has 0 atom stereocenters. The molecule has 3 N–H and O–H groups in total. The van der Waals surface area contributed by atoms with E-state index in [1.807, 2.05) is 6.92 Å². The lowest BCUT2D eigenvalue weighted by molar-refractivity contribution is 0.582. The van der Waals surface area contributed by atoms with Gasteiger partial charge in [0.25, 0.3) is 0 Å². The summed E-state index contributed by atoms with van der Waals surface area (Å²) in [4.78, 5) is 0. The zero-order valence-electron chi connectivity index (χ0n) is 6.54. The van der Waals surface area contributed by atoms with Crippen molar-refractivity contribution in [3.63, 3.8) is 0 Å². The van der Waals surface area contributed by atoms with Gasteiger partial charge in [0.05, 0.1) is 6.20 Å². The number of nitrogen functional groups attached to an aromatic ring is 1. The Morgan fingerprint density at radius 2 is 2.64 bits per heavy atom. The van der Waals surface area contributed by atoms with E-state index in [1.165, 1.54) is 0 Å². The molecule has 60 valence electrons. The van der Waals surface area contributed by atoms with Crippen LogP contribution in [0, 0.1) is 6.92 Å². The summed E-state index contributed by atoms with van der Waals surface area (Å²) in [7, 11) is 0. The second kappa shape index (κ2) is 3.09. The first-order valence-corrected chi connectivity index (χ1v) is 3.38. The third-order valence-electron chi connectivity index (χ3n) is 1.46. The van der Waals surface area contributed by atoms with Gasteiger partial charge in [-0.1, -0.05) is 6.58 Å². The summed E-state index contributed by atoms with van der Waals surface area (Å²) in [5, 5.41) is 6.94. The Morgan fingerprint density at radius 1 is 1.91 bits per heavy atom. The molecule has 1 rings (SSSR count). The fourth-order valence-corrected chi connectivity index (χ4v) is 0.765. The lowest BCUT2D eigenvalue weighted by Crippen LogP contribution is -2.15. The first-order valence-electron chi connectivity index (χ1n) is 3.38. The molecule has 0 aliphatic heterocycles. The summed E-state index contributed by atoms with van der Waals surface area (Å²) >= 11 is 0. The maximum atomic E-state index is 5.67. The molecule has 0 spiro atoms. The van der Waals surface area contributed by atoms with Crippen LogP contribution in [0.15, 0.2) is 19.0 Å². The Labute approximate surface area is 65.7 Å². The zero-order chi connectivity index (χ0) is 8.27. The van der Waals surface area contributed by atoms with Gasteiger partial charge in [-0.05, 0) is 13.1 Å². The van der Waals surface area contributed by atoms with Gasteiger partial charge in [-0.2, -0.15) is 5.10 Å². The summed E-state index contributed by atoms with van der Waals surface area (Å²) < 4.78 is 1.68. The topological polar surface area (TPSA) is 55.9 Å². The Morgan fingerprint density at radius 3 is 3.09 bits per heavy atom. The van der Waals surface area contributed by atoms with Crippen molar-refractivity contribution in [2.45, 2.75) is 13.6 Å². The van der Waals surface area contributed by atoms with E-state index in [1.54, 1.807) is 17.1 Å². The summed E-state index contributed by atoms with van der Waals surface area (Å²) in [6.45, 7) is 6.02. The minimum atomic E-state index is 0.573. The van der Waals surface area contributed by atoms with Gasteiger partial charge < -0.3 is 11.1 Å². The Hall–Kier alpha value is -1.45. The van der Waals surface area contributed by atoms with Crippen LogP contribution in [0.3, 0.4) is 0 Å². The average Bonchev–Trinajstić information content (AvgIpc) is 2.31. The highest BCUT2D eigenvalue weighted by Crippen LogP contribution is 2.06. The highest BCUT2D eigenvalue weighted by atomic mass is 15.3. The van der Waals surface area contributed by atoms with Crippen LogP contribution in [-0.2, 0) is 6.67 Å². The normalized spacial score (nSPS) is 9.55. The third kappa shape index (κ3) is 1.52. The van der Waals surface area contributed by atoms with Crippen LogP contribution in [0.25, 0.3) is 0 Å². The van der Waals surface area contributed by atoms with Gasteiger partial charge in [0.1, 0.15) is 12.5 Å². The van der Waals surface area contributed by atoms with E-state index in [2.05, 4.69) is 17.0 Å². The summed E-state index contributed by atoms with van der Waals surface area (Å²) in [5.74, 6) is 0.694. The van der Waals surface area contributed by atoms with Gasteiger partial charge in [-0.25, -0.2) is 4.68 Å². The number of hydrogen-bond donors (Lipinski definition) is 2. The van der Waals surface area contributed by atoms with Crippen molar-refractivity contribution >= 4 is 5.82 Å². The molecule has 1 aromatic heterocycles. The largest absolute Gasteiger partial charge is 0.384 e. The van der Waals surface area contributed by atoms with E-state index in [4.69, 9.17) is 5.73 Å². The first-order chi connectivity index (χ1) is 5.25. The van der Waals surface area contributed by atoms with E-state index in [-0.39, 0.29) is 0 Å². The molecule has 0 bridgehead atoms. The van der Waals surface area contributed by atoms with Gasteiger partial charge >= 0.3 is 0 Å². The number of nitrogens with one attached hydrogen (secondary N) is 1. The Balaban J connectivity index is 2.70. The van der Waals surface area contributed by atoms with E-state index < -0.39 is 0 Å². The molecule has 0 aromatic carbocycles. The van der Waals surface area contributed by atoms with E-state index >= 15 is 0 Å². The van der Waals surface area contributed by atoms with Gasteiger partial charge in [0.2, 0.25) is 0 Å². The quantitative estimate of drug-likeness (QED) is 0.661. The summed E-state index contributed by atoms with van der Waals surface area (Å²) in [6, 6.07) is 0. The molecule has 0 aliphatic rings. The first kappa shape index (κ1) is 7.65. The Bertz CT molecular complexity index is 251. The molecule has 0 fully saturated rings. The van der Waals surface area contributed by atoms with Crippen LogP contribution >= 0.6 is 0 Å². The molecule has 1 aromatic rings. The van der Waals surface area contributed by atoms with E-state index in [0.29, 0.717) is 12.5 Å². The second-order valence-corrected chi connectivity index (χ2v) is 2.28. The predicted molar refractivity (Wildman–Crippen MR) is 44.7 cm³/mol. The lowest BCUT2D eigenvalue weighted by atomic mass is 10.4. The SMILES string of the molecule is C=CNCn1ncc(C)c1N. The molecule has 4 heteroatoms. The number of hydrogen-bond acceptors (Lipinski definition) is 3. The maximum absolute atomic E-state index is 5.67. The molecular weight excluding hydrogens is 140 g/mol. The molecule has 11 heavy (non-hydrogen) atoms. The van der Waals surface area contributed by atoms with Crippen molar-refractivity contribution in [1.29, 1.82) is 0 Å². The molecule has 0 unspecified atom stereocenters. The van der Waals surface area contributed by atoms with Crippen LogP contribution in [0.4, 0.5) is 5.82 Å². The fourth-order valence-electron chi connectivity index (χ4n) is 0.765. The van der Waals surface area contributed by atoms with Crippen LogP contribution in [0.5, 0.6) is 0 Å². The number of rotatable bonds is 3. The van der Waals surface area contributed by atoms with Crippen molar-refractivity contribution in [3.8, 4) is 0 Å². The minimum absolute atomic E-state index is 0.573.